The van der Waals surface area contributed by atoms with Gasteiger partial charge >= 0.3 is 0 Å². The second kappa shape index (κ2) is 13.2. The number of hydrogen-bond donors (Lipinski definition) is 2. The van der Waals surface area contributed by atoms with Gasteiger partial charge in [-0.15, -0.1) is 0 Å². The van der Waals surface area contributed by atoms with E-state index < -0.39 is 16.1 Å². The third-order valence-electron chi connectivity index (χ3n) is 7.59. The van der Waals surface area contributed by atoms with Crippen LogP contribution in [0.15, 0.2) is 65.6 Å². The third-order valence-corrected chi connectivity index (χ3v) is 9.74. The van der Waals surface area contributed by atoms with Crippen molar-refractivity contribution in [2.24, 2.45) is 0 Å². The van der Waals surface area contributed by atoms with Crippen LogP contribution in [0.2, 0.25) is 10.0 Å². The molecule has 0 saturated carbocycles. The molecule has 0 aromatic heterocycles. The first-order valence-electron chi connectivity index (χ1n) is 13.8. The highest BCUT2D eigenvalue weighted by Gasteiger charge is 2.35. The van der Waals surface area contributed by atoms with Gasteiger partial charge in [0.15, 0.2) is 6.61 Å². The maximum atomic E-state index is 13.7. The van der Waals surface area contributed by atoms with E-state index in [1.165, 1.54) is 18.0 Å². The van der Waals surface area contributed by atoms with Crippen molar-refractivity contribution < 1.29 is 27.5 Å². The summed E-state index contributed by atoms with van der Waals surface area (Å²) in [6.45, 7) is 4.68. The van der Waals surface area contributed by atoms with Gasteiger partial charge in [-0.25, -0.2) is 13.1 Å². The van der Waals surface area contributed by atoms with E-state index >= 15 is 0 Å². The molecule has 2 N–H and O–H groups in total. The highest BCUT2D eigenvalue weighted by molar-refractivity contribution is 7.89. The topological polar surface area (TPSA) is 117 Å². The molecule has 1 saturated heterocycles. The van der Waals surface area contributed by atoms with Gasteiger partial charge in [0, 0.05) is 25.7 Å². The highest BCUT2D eigenvalue weighted by atomic mass is 35.5. The normalized spacial score (nSPS) is 17.1. The molecular formula is C30H32Cl2N4O6S. The van der Waals surface area contributed by atoms with Gasteiger partial charge < -0.3 is 14.8 Å². The molecule has 2 aliphatic heterocycles. The van der Waals surface area contributed by atoms with Crippen molar-refractivity contribution in [2.45, 2.75) is 23.9 Å². The minimum absolute atomic E-state index is 0.185. The minimum Gasteiger partial charge on any atom is -0.482 e. The summed E-state index contributed by atoms with van der Waals surface area (Å²) in [6, 6.07) is 16.2. The van der Waals surface area contributed by atoms with Gasteiger partial charge in [-0.1, -0.05) is 59.6 Å². The van der Waals surface area contributed by atoms with Crippen molar-refractivity contribution in [2.75, 3.05) is 51.4 Å². The van der Waals surface area contributed by atoms with Crippen LogP contribution in [0, 0.1) is 0 Å². The fraction of sp³-hybridized carbons (Fsp3) is 0.333. The van der Waals surface area contributed by atoms with E-state index in [-0.39, 0.29) is 34.4 Å². The molecule has 2 heterocycles. The van der Waals surface area contributed by atoms with Crippen LogP contribution in [0.4, 0.5) is 5.69 Å². The van der Waals surface area contributed by atoms with Crippen molar-refractivity contribution in [3.63, 3.8) is 0 Å². The second-order valence-electron chi connectivity index (χ2n) is 10.3. The molecule has 2 aliphatic rings. The average Bonchev–Trinajstić information content (AvgIpc) is 3.02. The van der Waals surface area contributed by atoms with Crippen LogP contribution in [-0.4, -0.2) is 77.7 Å². The molecule has 228 valence electrons. The SMILES string of the molecule is CNS(=O)(=O)c1ccc(-c2ccc(C(CN3CCOCC3)NC(=O)C(C)N3C(=O)COc4cc(Cl)c(Cl)cc43)cc2)cc1. The summed E-state index contributed by atoms with van der Waals surface area (Å²) in [5.74, 6) is -0.321. The maximum Gasteiger partial charge on any atom is 0.265 e. The molecule has 0 spiro atoms. The number of ether oxygens (including phenoxy) is 2. The van der Waals surface area contributed by atoms with Gasteiger partial charge in [0.1, 0.15) is 11.8 Å². The number of nitrogens with zero attached hydrogens (tertiary/aromatic N) is 2. The van der Waals surface area contributed by atoms with Crippen LogP contribution in [0.5, 0.6) is 5.75 Å². The first-order chi connectivity index (χ1) is 20.6. The highest BCUT2D eigenvalue weighted by Crippen LogP contribution is 2.39. The summed E-state index contributed by atoms with van der Waals surface area (Å²) in [5, 5.41) is 3.70. The first kappa shape index (κ1) is 31.2. The fourth-order valence-corrected chi connectivity index (χ4v) is 6.17. The number of hydrogen-bond acceptors (Lipinski definition) is 7. The largest absolute Gasteiger partial charge is 0.482 e. The number of nitrogens with one attached hydrogen (secondary N) is 2. The Morgan fingerprint density at radius 2 is 1.58 bits per heavy atom. The monoisotopic (exact) mass is 646 g/mol. The van der Waals surface area contributed by atoms with E-state index in [2.05, 4.69) is 14.9 Å². The molecule has 43 heavy (non-hydrogen) atoms. The van der Waals surface area contributed by atoms with Crippen molar-refractivity contribution in [3.8, 4) is 16.9 Å². The lowest BCUT2D eigenvalue weighted by molar-refractivity contribution is -0.128. The Morgan fingerprint density at radius 1 is 0.977 bits per heavy atom. The molecule has 3 aromatic rings. The number of morpholine rings is 1. The Labute approximate surface area is 260 Å². The van der Waals surface area contributed by atoms with Crippen molar-refractivity contribution in [1.82, 2.24) is 14.9 Å². The molecule has 0 aliphatic carbocycles. The number of benzene rings is 3. The van der Waals surface area contributed by atoms with Crippen LogP contribution in [0.1, 0.15) is 18.5 Å². The number of anilines is 1. The molecule has 2 atom stereocenters. The average molecular weight is 648 g/mol. The number of fused-ring (bicyclic) bond motifs is 1. The summed E-state index contributed by atoms with van der Waals surface area (Å²) < 4.78 is 37.5. The predicted octanol–water partition coefficient (Wildman–Crippen LogP) is 3.87. The molecular weight excluding hydrogens is 615 g/mol. The molecule has 0 radical (unpaired) electrons. The van der Waals surface area contributed by atoms with Crippen molar-refractivity contribution in [3.05, 3.63) is 76.3 Å². The summed E-state index contributed by atoms with van der Waals surface area (Å²) >= 11 is 12.4. The molecule has 3 aromatic carbocycles. The van der Waals surface area contributed by atoms with E-state index in [1.807, 2.05) is 24.3 Å². The molecule has 0 bridgehead atoms. The van der Waals surface area contributed by atoms with Crippen LogP contribution in [-0.2, 0) is 24.3 Å². The number of carbonyl (C=O) groups is 2. The van der Waals surface area contributed by atoms with Gasteiger partial charge in [-0.2, -0.15) is 0 Å². The zero-order chi connectivity index (χ0) is 30.7. The van der Waals surface area contributed by atoms with Crippen molar-refractivity contribution >= 4 is 50.7 Å². The second-order valence-corrected chi connectivity index (χ2v) is 13.0. The van der Waals surface area contributed by atoms with E-state index in [9.17, 15) is 18.0 Å². The van der Waals surface area contributed by atoms with Crippen LogP contribution in [0.3, 0.4) is 0 Å². The molecule has 2 amide bonds. The van der Waals surface area contributed by atoms with Gasteiger partial charge in [-0.3, -0.25) is 19.4 Å². The smallest absolute Gasteiger partial charge is 0.265 e. The molecule has 10 nitrogen and oxygen atoms in total. The quantitative estimate of drug-likeness (QED) is 0.362. The van der Waals surface area contributed by atoms with Gasteiger partial charge in [0.2, 0.25) is 15.9 Å². The summed E-state index contributed by atoms with van der Waals surface area (Å²) in [4.78, 5) is 30.4. The lowest BCUT2D eigenvalue weighted by Crippen LogP contribution is -2.53. The van der Waals surface area contributed by atoms with Crippen molar-refractivity contribution in [1.29, 1.82) is 0 Å². The number of rotatable bonds is 9. The fourth-order valence-electron chi connectivity index (χ4n) is 5.13. The molecule has 13 heteroatoms. The Hall–Kier alpha value is -3.19. The first-order valence-corrected chi connectivity index (χ1v) is 16.0. The predicted molar refractivity (Wildman–Crippen MR) is 165 cm³/mol. The van der Waals surface area contributed by atoms with Gasteiger partial charge in [0.05, 0.1) is 39.9 Å². The van der Waals surface area contributed by atoms with E-state index in [0.29, 0.717) is 36.2 Å². The van der Waals surface area contributed by atoms with E-state index in [4.69, 9.17) is 32.7 Å². The zero-order valence-corrected chi connectivity index (χ0v) is 26.0. The number of halogens is 2. The molecule has 1 fully saturated rings. The van der Waals surface area contributed by atoms with E-state index in [0.717, 1.165) is 29.8 Å². The number of amides is 2. The van der Waals surface area contributed by atoms with E-state index in [1.54, 1.807) is 37.3 Å². The maximum absolute atomic E-state index is 13.7. The third kappa shape index (κ3) is 6.98. The van der Waals surface area contributed by atoms with Crippen LogP contribution in [0.25, 0.3) is 11.1 Å². The Bertz CT molecular complexity index is 1600. The van der Waals surface area contributed by atoms with Crippen LogP contribution >= 0.6 is 23.2 Å². The van der Waals surface area contributed by atoms with Crippen LogP contribution < -0.4 is 19.7 Å². The lowest BCUT2D eigenvalue weighted by Gasteiger charge is -2.35. The number of sulfonamides is 1. The molecule has 5 rings (SSSR count). The summed E-state index contributed by atoms with van der Waals surface area (Å²) in [7, 11) is -2.15. The molecule has 2 unspecified atom stereocenters. The Balaban J connectivity index is 1.38. The summed E-state index contributed by atoms with van der Waals surface area (Å²) in [5.41, 5.74) is 3.02. The number of carbonyl (C=O) groups excluding carboxylic acids is 2. The standard InChI is InChI=1S/C30H32Cl2N4O6S/c1-19(36-27-15-24(31)25(32)16-28(27)42-18-29(36)37)30(38)34-26(17-35-11-13-41-14-12-35)22-5-3-20(4-6-22)21-7-9-23(10-8-21)43(39,40)33-2/h3-10,15-16,19,26,33H,11-14,17-18H2,1-2H3,(H,34,38). The van der Waals surface area contributed by atoms with Gasteiger partial charge in [0.25, 0.3) is 5.91 Å². The summed E-state index contributed by atoms with van der Waals surface area (Å²) in [6.07, 6.45) is 0. The Morgan fingerprint density at radius 3 is 2.21 bits per heavy atom. The minimum atomic E-state index is -3.53. The lowest BCUT2D eigenvalue weighted by atomic mass is 10.00. The Kier molecular flexibility index (Phi) is 9.60. The zero-order valence-electron chi connectivity index (χ0n) is 23.7. The van der Waals surface area contributed by atoms with Gasteiger partial charge in [-0.05, 0) is 48.9 Å².